The largest absolute Gasteiger partial charge is 0.341 e. The molecule has 2 heterocycles. The third kappa shape index (κ3) is 4.33. The quantitative estimate of drug-likeness (QED) is 0.828. The predicted octanol–water partition coefficient (Wildman–Crippen LogP) is 3.98. The van der Waals surface area contributed by atoms with Crippen molar-refractivity contribution in [1.29, 1.82) is 0 Å². The minimum atomic E-state index is 0.274. The number of hydrogen-bond donors (Lipinski definition) is 0. The fourth-order valence-corrected chi connectivity index (χ4v) is 4.58. The second-order valence-corrected chi connectivity index (χ2v) is 7.98. The molecule has 0 saturated carbocycles. The van der Waals surface area contributed by atoms with Crippen molar-refractivity contribution in [3.05, 3.63) is 35.2 Å². The highest BCUT2D eigenvalue weighted by molar-refractivity contribution is 7.19. The molecule has 3 rings (SSSR count). The number of amides is 1. The van der Waals surface area contributed by atoms with Crippen LogP contribution in [0, 0.1) is 5.92 Å². The highest BCUT2D eigenvalue weighted by atomic mass is 32.1. The van der Waals surface area contributed by atoms with Crippen LogP contribution >= 0.6 is 11.3 Å². The fraction of sp³-hybridized carbons (Fsp3) is 0.526. The topological polar surface area (TPSA) is 23.6 Å². The third-order valence-corrected chi connectivity index (χ3v) is 5.88. The first kappa shape index (κ1) is 16.5. The Balaban J connectivity index is 1.51. The van der Waals surface area contributed by atoms with Crippen LogP contribution in [0.15, 0.2) is 30.3 Å². The standard InChI is InChI=1S/C19H26N2OS/c1-20-11-5-6-15(13-20)9-10-19(22)21(2)14-17-12-16-7-3-4-8-18(16)23-17/h3-4,7-8,12,15H,5-6,9-11,13-14H2,1-2H3/t15-/m0/s1. The van der Waals surface area contributed by atoms with Gasteiger partial charge in [0.1, 0.15) is 0 Å². The van der Waals surface area contributed by atoms with E-state index in [1.165, 1.54) is 34.3 Å². The lowest BCUT2D eigenvalue weighted by Gasteiger charge is -2.29. The number of nitrogens with zero attached hydrogens (tertiary/aromatic N) is 2. The van der Waals surface area contributed by atoms with Crippen LogP contribution in [0.5, 0.6) is 0 Å². The number of hydrogen-bond acceptors (Lipinski definition) is 3. The molecule has 1 amide bonds. The SMILES string of the molecule is CN1CCC[C@@H](CCC(=O)N(C)Cc2cc3ccccc3s2)C1. The predicted molar refractivity (Wildman–Crippen MR) is 97.8 cm³/mol. The molecule has 1 atom stereocenters. The molecule has 1 aliphatic heterocycles. The lowest BCUT2D eigenvalue weighted by molar-refractivity contribution is -0.130. The summed E-state index contributed by atoms with van der Waals surface area (Å²) >= 11 is 1.79. The van der Waals surface area contributed by atoms with E-state index in [4.69, 9.17) is 0 Å². The van der Waals surface area contributed by atoms with Crippen molar-refractivity contribution in [1.82, 2.24) is 9.80 Å². The summed E-state index contributed by atoms with van der Waals surface area (Å²) in [6.45, 7) is 3.08. The highest BCUT2D eigenvalue weighted by Gasteiger charge is 2.19. The number of rotatable bonds is 5. The van der Waals surface area contributed by atoms with Gasteiger partial charge in [-0.25, -0.2) is 0 Å². The summed E-state index contributed by atoms with van der Waals surface area (Å²) in [5.74, 6) is 0.964. The van der Waals surface area contributed by atoms with Gasteiger partial charge in [-0.15, -0.1) is 11.3 Å². The summed E-state index contributed by atoms with van der Waals surface area (Å²) in [5.41, 5.74) is 0. The molecular weight excluding hydrogens is 304 g/mol. The van der Waals surface area contributed by atoms with E-state index in [-0.39, 0.29) is 5.91 Å². The van der Waals surface area contributed by atoms with E-state index < -0.39 is 0 Å². The van der Waals surface area contributed by atoms with E-state index in [9.17, 15) is 4.79 Å². The van der Waals surface area contributed by atoms with Gasteiger partial charge in [0.25, 0.3) is 0 Å². The Kier molecular flexibility index (Phi) is 5.34. The molecule has 0 N–H and O–H groups in total. The van der Waals surface area contributed by atoms with Crippen molar-refractivity contribution in [2.75, 3.05) is 27.2 Å². The van der Waals surface area contributed by atoms with E-state index in [1.54, 1.807) is 11.3 Å². The molecule has 23 heavy (non-hydrogen) atoms. The number of carbonyl (C=O) groups is 1. The number of fused-ring (bicyclic) bond motifs is 1. The minimum absolute atomic E-state index is 0.274. The molecule has 0 spiro atoms. The van der Waals surface area contributed by atoms with E-state index in [0.717, 1.165) is 19.5 Å². The molecule has 1 aromatic heterocycles. The second-order valence-electron chi connectivity index (χ2n) is 6.81. The first-order valence-electron chi connectivity index (χ1n) is 8.52. The molecule has 1 fully saturated rings. The summed E-state index contributed by atoms with van der Waals surface area (Å²) in [7, 11) is 4.11. The highest BCUT2D eigenvalue weighted by Crippen LogP contribution is 2.26. The van der Waals surface area contributed by atoms with Crippen molar-refractivity contribution in [2.45, 2.75) is 32.2 Å². The van der Waals surface area contributed by atoms with Gasteiger partial charge in [0, 0.05) is 29.6 Å². The number of benzene rings is 1. The van der Waals surface area contributed by atoms with E-state index >= 15 is 0 Å². The fourth-order valence-electron chi connectivity index (χ4n) is 3.46. The summed E-state index contributed by atoms with van der Waals surface area (Å²) in [5, 5.41) is 1.28. The Morgan fingerprint density at radius 1 is 1.39 bits per heavy atom. The van der Waals surface area contributed by atoms with Crippen LogP contribution < -0.4 is 0 Å². The third-order valence-electron chi connectivity index (χ3n) is 4.78. The Morgan fingerprint density at radius 2 is 2.22 bits per heavy atom. The van der Waals surface area contributed by atoms with Gasteiger partial charge in [0.2, 0.25) is 5.91 Å². The van der Waals surface area contributed by atoms with Gasteiger partial charge in [0.05, 0.1) is 6.54 Å². The van der Waals surface area contributed by atoms with Crippen molar-refractivity contribution < 1.29 is 4.79 Å². The average molecular weight is 330 g/mol. The zero-order chi connectivity index (χ0) is 16.2. The molecule has 124 valence electrons. The number of thiophene rings is 1. The maximum atomic E-state index is 12.4. The summed E-state index contributed by atoms with van der Waals surface area (Å²) in [4.78, 5) is 17.9. The lowest BCUT2D eigenvalue weighted by atomic mass is 9.93. The van der Waals surface area contributed by atoms with Crippen molar-refractivity contribution in [2.24, 2.45) is 5.92 Å². The van der Waals surface area contributed by atoms with Gasteiger partial charge in [-0.2, -0.15) is 0 Å². The van der Waals surface area contributed by atoms with E-state index in [0.29, 0.717) is 12.3 Å². The lowest BCUT2D eigenvalue weighted by Crippen LogP contribution is -2.33. The van der Waals surface area contributed by atoms with Crippen LogP contribution in [0.4, 0.5) is 0 Å². The Hall–Kier alpha value is -1.39. The second kappa shape index (κ2) is 7.45. The number of likely N-dealkylation sites (tertiary alicyclic amines) is 1. The zero-order valence-electron chi connectivity index (χ0n) is 14.1. The Labute approximate surface area is 142 Å². The van der Waals surface area contributed by atoms with Crippen LogP contribution in [-0.2, 0) is 11.3 Å². The molecule has 0 bridgehead atoms. The van der Waals surface area contributed by atoms with Crippen molar-refractivity contribution in [3.8, 4) is 0 Å². The Morgan fingerprint density at radius 3 is 3.00 bits per heavy atom. The number of piperidine rings is 1. The minimum Gasteiger partial charge on any atom is -0.341 e. The molecular formula is C19H26N2OS. The molecule has 1 saturated heterocycles. The van der Waals surface area contributed by atoms with E-state index in [1.807, 2.05) is 11.9 Å². The maximum absolute atomic E-state index is 12.4. The molecule has 0 aliphatic carbocycles. The summed E-state index contributed by atoms with van der Waals surface area (Å²) in [6.07, 6.45) is 4.25. The molecule has 3 nitrogen and oxygen atoms in total. The van der Waals surface area contributed by atoms with Crippen molar-refractivity contribution >= 4 is 27.3 Å². The van der Waals surface area contributed by atoms with Gasteiger partial charge in [-0.3, -0.25) is 4.79 Å². The van der Waals surface area contributed by atoms with Crippen LogP contribution in [0.2, 0.25) is 0 Å². The van der Waals surface area contributed by atoms with Crippen LogP contribution in [0.1, 0.15) is 30.6 Å². The first-order chi connectivity index (χ1) is 11.1. The Bertz CT molecular complexity index is 633. The normalized spacial score (nSPS) is 19.1. The van der Waals surface area contributed by atoms with Crippen molar-refractivity contribution in [3.63, 3.8) is 0 Å². The first-order valence-corrected chi connectivity index (χ1v) is 9.33. The van der Waals surface area contributed by atoms with Gasteiger partial charge in [-0.1, -0.05) is 18.2 Å². The zero-order valence-corrected chi connectivity index (χ0v) is 14.9. The smallest absolute Gasteiger partial charge is 0.222 e. The molecule has 1 aliphatic rings. The van der Waals surface area contributed by atoms with Crippen LogP contribution in [-0.4, -0.2) is 42.9 Å². The summed E-state index contributed by atoms with van der Waals surface area (Å²) < 4.78 is 1.30. The monoisotopic (exact) mass is 330 g/mol. The molecule has 2 aromatic rings. The average Bonchev–Trinajstić information content (AvgIpc) is 2.94. The summed E-state index contributed by atoms with van der Waals surface area (Å²) in [6, 6.07) is 10.6. The molecule has 0 radical (unpaired) electrons. The van der Waals surface area contributed by atoms with Crippen LogP contribution in [0.25, 0.3) is 10.1 Å². The van der Waals surface area contributed by atoms with Gasteiger partial charge in [-0.05, 0) is 56.3 Å². The van der Waals surface area contributed by atoms with Gasteiger partial charge < -0.3 is 9.80 Å². The maximum Gasteiger partial charge on any atom is 0.222 e. The van der Waals surface area contributed by atoms with E-state index in [2.05, 4.69) is 42.3 Å². The molecule has 4 heteroatoms. The van der Waals surface area contributed by atoms with Gasteiger partial charge in [0.15, 0.2) is 0 Å². The number of carbonyl (C=O) groups excluding carboxylic acids is 1. The van der Waals surface area contributed by atoms with Crippen LogP contribution in [0.3, 0.4) is 0 Å². The molecule has 0 unspecified atom stereocenters. The molecule has 1 aromatic carbocycles. The van der Waals surface area contributed by atoms with Gasteiger partial charge >= 0.3 is 0 Å².